The van der Waals surface area contributed by atoms with Crippen LogP contribution in [-0.4, -0.2) is 62.4 Å². The molecule has 1 aliphatic rings. The Labute approximate surface area is 119 Å². The Kier molecular flexibility index (Phi) is 3.99. The van der Waals surface area contributed by atoms with E-state index in [4.69, 9.17) is 0 Å². The van der Waals surface area contributed by atoms with Gasteiger partial charge in [0.2, 0.25) is 0 Å². The molecule has 0 atom stereocenters. The highest BCUT2D eigenvalue weighted by Crippen LogP contribution is 2.20. The van der Waals surface area contributed by atoms with E-state index in [9.17, 15) is 13.2 Å². The second-order valence-corrected chi connectivity index (χ2v) is 7.65. The van der Waals surface area contributed by atoms with Crippen LogP contribution in [0.25, 0.3) is 0 Å². The van der Waals surface area contributed by atoms with E-state index >= 15 is 0 Å². The van der Waals surface area contributed by atoms with Gasteiger partial charge in [0.1, 0.15) is 5.82 Å². The normalized spacial score (nSPS) is 15.8. The van der Waals surface area contributed by atoms with Gasteiger partial charge in [-0.3, -0.25) is 4.79 Å². The second-order valence-electron chi connectivity index (χ2n) is 5.08. The minimum Gasteiger partial charge on any atom is -0.363 e. The maximum Gasteiger partial charge on any atom is 0.254 e. The number of amides is 1. The van der Waals surface area contributed by atoms with E-state index in [0.29, 0.717) is 11.4 Å². The van der Waals surface area contributed by atoms with Gasteiger partial charge in [0.25, 0.3) is 5.91 Å². The number of hydrogen-bond donors (Lipinski definition) is 0. The van der Waals surface area contributed by atoms with E-state index in [1.54, 1.807) is 30.2 Å². The first kappa shape index (κ1) is 14.8. The molecule has 0 N–H and O–H groups in total. The first-order valence-electron chi connectivity index (χ1n) is 6.49. The first-order chi connectivity index (χ1) is 9.35. The van der Waals surface area contributed by atoms with E-state index in [1.807, 2.05) is 19.0 Å². The van der Waals surface area contributed by atoms with Crippen LogP contribution in [0, 0.1) is 0 Å². The maximum absolute atomic E-state index is 12.2. The Hall–Kier alpha value is -1.63. The largest absolute Gasteiger partial charge is 0.363 e. The number of aromatic nitrogens is 1. The third kappa shape index (κ3) is 2.77. The molecule has 1 amide bonds. The summed E-state index contributed by atoms with van der Waals surface area (Å²) in [7, 11) is 0.656. The van der Waals surface area contributed by atoms with Crippen molar-refractivity contribution in [3.63, 3.8) is 0 Å². The van der Waals surface area contributed by atoms with E-state index in [0.717, 1.165) is 0 Å². The Morgan fingerprint density at radius 3 is 2.65 bits per heavy atom. The molecule has 6 nitrogen and oxygen atoms in total. The molecule has 0 aromatic carbocycles. The molecule has 1 fully saturated rings. The molecule has 1 aliphatic heterocycles. The number of likely N-dealkylation sites (tertiary alicyclic amines) is 1. The van der Waals surface area contributed by atoms with E-state index in [1.165, 1.54) is 0 Å². The van der Waals surface area contributed by atoms with E-state index in [-0.39, 0.29) is 24.7 Å². The minimum atomic E-state index is -3.05. The van der Waals surface area contributed by atoms with Crippen LogP contribution in [0.1, 0.15) is 17.3 Å². The summed E-state index contributed by atoms with van der Waals surface area (Å²) in [6.07, 6.45) is 1.59. The molecule has 0 aliphatic carbocycles. The molecule has 1 aromatic rings. The van der Waals surface area contributed by atoms with Gasteiger partial charge >= 0.3 is 0 Å². The summed E-state index contributed by atoms with van der Waals surface area (Å²) in [6.45, 7) is 2.20. The number of nitrogens with zero attached hydrogens (tertiary/aromatic N) is 3. The van der Waals surface area contributed by atoms with Gasteiger partial charge in [0.15, 0.2) is 9.84 Å². The number of pyridine rings is 1. The summed E-state index contributed by atoms with van der Waals surface area (Å²) in [5.74, 6) is 0.687. The Morgan fingerprint density at radius 1 is 1.45 bits per heavy atom. The molecule has 0 bridgehead atoms. The summed E-state index contributed by atoms with van der Waals surface area (Å²) >= 11 is 0. The predicted octanol–water partition coefficient (Wildman–Crippen LogP) is 0.407. The van der Waals surface area contributed by atoms with E-state index < -0.39 is 15.1 Å². The lowest BCUT2D eigenvalue weighted by atomic mass is 10.1. The van der Waals surface area contributed by atoms with Crippen LogP contribution < -0.4 is 4.90 Å². The first-order valence-corrected chi connectivity index (χ1v) is 8.21. The SMILES string of the molecule is CCS(=O)(=O)C1CN(C(=O)c2ccnc(N(C)C)c2)C1. The van der Waals surface area contributed by atoms with Crippen LogP contribution in [0.15, 0.2) is 18.3 Å². The lowest BCUT2D eigenvalue weighted by molar-refractivity contribution is 0.0659. The number of carbonyl (C=O) groups is 1. The van der Waals surface area contributed by atoms with Crippen molar-refractivity contribution in [2.24, 2.45) is 0 Å². The summed E-state index contributed by atoms with van der Waals surface area (Å²) in [5.41, 5.74) is 0.538. The molecule has 2 heterocycles. The van der Waals surface area contributed by atoms with Crippen LogP contribution in [0.2, 0.25) is 0 Å². The topological polar surface area (TPSA) is 70.6 Å². The molecule has 20 heavy (non-hydrogen) atoms. The molecule has 1 saturated heterocycles. The van der Waals surface area contributed by atoms with Crippen LogP contribution in [-0.2, 0) is 9.84 Å². The molecule has 0 spiro atoms. The van der Waals surface area contributed by atoms with E-state index in [2.05, 4.69) is 4.98 Å². The van der Waals surface area contributed by atoms with Crippen molar-refractivity contribution >= 4 is 21.6 Å². The number of sulfone groups is 1. The summed E-state index contributed by atoms with van der Waals surface area (Å²) in [4.78, 5) is 19.8. The van der Waals surface area contributed by atoms with Gasteiger partial charge in [0, 0.05) is 44.7 Å². The lowest BCUT2D eigenvalue weighted by Crippen LogP contribution is -2.57. The molecule has 2 rings (SSSR count). The average molecular weight is 297 g/mol. The molecule has 1 aromatic heterocycles. The highest BCUT2D eigenvalue weighted by atomic mass is 32.2. The molecule has 7 heteroatoms. The van der Waals surface area contributed by atoms with Crippen LogP contribution in [0.3, 0.4) is 0 Å². The summed E-state index contributed by atoms with van der Waals surface area (Å²) < 4.78 is 23.4. The van der Waals surface area contributed by atoms with Gasteiger partial charge in [-0.05, 0) is 12.1 Å². The molecular formula is C13H19N3O3S. The fourth-order valence-electron chi connectivity index (χ4n) is 2.05. The van der Waals surface area contributed by atoms with Gasteiger partial charge in [-0.2, -0.15) is 0 Å². The van der Waals surface area contributed by atoms with Gasteiger partial charge in [-0.15, -0.1) is 0 Å². The number of carbonyl (C=O) groups excluding carboxylic acids is 1. The van der Waals surface area contributed by atoms with Crippen LogP contribution in [0.4, 0.5) is 5.82 Å². The highest BCUT2D eigenvalue weighted by Gasteiger charge is 2.38. The van der Waals surface area contributed by atoms with Gasteiger partial charge < -0.3 is 9.80 Å². The zero-order valence-electron chi connectivity index (χ0n) is 11.9. The van der Waals surface area contributed by atoms with Gasteiger partial charge in [0.05, 0.1) is 5.25 Å². The highest BCUT2D eigenvalue weighted by molar-refractivity contribution is 7.92. The Balaban J connectivity index is 2.06. The van der Waals surface area contributed by atoms with Gasteiger partial charge in [-0.25, -0.2) is 13.4 Å². The zero-order valence-corrected chi connectivity index (χ0v) is 12.7. The van der Waals surface area contributed by atoms with Crippen molar-refractivity contribution in [1.82, 2.24) is 9.88 Å². The quantitative estimate of drug-likeness (QED) is 0.805. The molecule has 0 radical (unpaired) electrons. The second kappa shape index (κ2) is 5.40. The van der Waals surface area contributed by atoms with Crippen LogP contribution >= 0.6 is 0 Å². The zero-order chi connectivity index (χ0) is 14.9. The van der Waals surface area contributed by atoms with Crippen molar-refractivity contribution in [2.45, 2.75) is 12.2 Å². The third-order valence-electron chi connectivity index (χ3n) is 3.50. The van der Waals surface area contributed by atoms with Crippen molar-refractivity contribution < 1.29 is 13.2 Å². The lowest BCUT2D eigenvalue weighted by Gasteiger charge is -2.38. The van der Waals surface area contributed by atoms with Crippen molar-refractivity contribution in [3.05, 3.63) is 23.9 Å². The van der Waals surface area contributed by atoms with Gasteiger partial charge in [-0.1, -0.05) is 6.92 Å². The predicted molar refractivity (Wildman–Crippen MR) is 77.7 cm³/mol. The Morgan fingerprint density at radius 2 is 2.10 bits per heavy atom. The third-order valence-corrected chi connectivity index (χ3v) is 5.61. The van der Waals surface area contributed by atoms with Crippen molar-refractivity contribution in [2.75, 3.05) is 37.8 Å². The fourth-order valence-corrected chi connectivity index (χ4v) is 3.33. The fraction of sp³-hybridized carbons (Fsp3) is 0.538. The monoisotopic (exact) mass is 297 g/mol. The van der Waals surface area contributed by atoms with Crippen molar-refractivity contribution in [3.8, 4) is 0 Å². The number of rotatable bonds is 4. The van der Waals surface area contributed by atoms with Crippen LogP contribution in [0.5, 0.6) is 0 Å². The molecule has 110 valence electrons. The van der Waals surface area contributed by atoms with Crippen molar-refractivity contribution in [1.29, 1.82) is 0 Å². The summed E-state index contributed by atoms with van der Waals surface area (Å²) in [5, 5.41) is -0.411. The maximum atomic E-state index is 12.2. The minimum absolute atomic E-state index is 0.125. The number of hydrogen-bond acceptors (Lipinski definition) is 5. The standard InChI is InChI=1S/C13H19N3O3S/c1-4-20(18,19)11-8-16(9-11)13(17)10-5-6-14-12(7-10)15(2)3/h5-7,11H,4,8-9H2,1-3H3. The molecule has 0 unspecified atom stereocenters. The smallest absolute Gasteiger partial charge is 0.254 e. The Bertz CT molecular complexity index is 607. The summed E-state index contributed by atoms with van der Waals surface area (Å²) in [6, 6.07) is 3.36. The number of anilines is 1. The molecule has 0 saturated carbocycles. The molecular weight excluding hydrogens is 278 g/mol. The average Bonchev–Trinajstić information content (AvgIpc) is 2.36.